The molecule has 2 aromatic heterocycles. The quantitative estimate of drug-likeness (QED) is 0.659. The number of hydrogen-bond donors (Lipinski definition) is 0. The lowest BCUT2D eigenvalue weighted by molar-refractivity contribution is 0.0665. The fraction of sp³-hybridized carbons (Fsp3) is 0.381. The van der Waals surface area contributed by atoms with Gasteiger partial charge in [-0.3, -0.25) is 4.79 Å². The van der Waals surface area contributed by atoms with Crippen LogP contribution in [0, 0.1) is 24.2 Å². The van der Waals surface area contributed by atoms with Gasteiger partial charge in [0.1, 0.15) is 12.0 Å². The molecule has 1 unspecified atom stereocenters. The number of likely N-dealkylation sites (tertiary alicyclic amines) is 1. The van der Waals surface area contributed by atoms with Crippen LogP contribution in [-0.4, -0.2) is 43.5 Å². The lowest BCUT2D eigenvalue weighted by Crippen LogP contribution is -2.42. The Kier molecular flexibility index (Phi) is 5.16. The number of nitrogens with zero attached hydrogens (tertiary/aromatic N) is 6. The van der Waals surface area contributed by atoms with E-state index >= 15 is 0 Å². The summed E-state index contributed by atoms with van der Waals surface area (Å²) in [7, 11) is 0. The Bertz CT molecular complexity index is 1150. The molecule has 1 aliphatic rings. The fourth-order valence-electron chi connectivity index (χ4n) is 4.02. The average molecular weight is 410 g/mol. The van der Waals surface area contributed by atoms with Gasteiger partial charge in [-0.25, -0.2) is 18.3 Å². The van der Waals surface area contributed by atoms with Crippen LogP contribution in [0.4, 0.5) is 8.78 Å². The van der Waals surface area contributed by atoms with E-state index in [4.69, 9.17) is 0 Å². The van der Waals surface area contributed by atoms with E-state index in [2.05, 4.69) is 21.1 Å². The zero-order chi connectivity index (χ0) is 21.4. The summed E-state index contributed by atoms with van der Waals surface area (Å²) in [6.07, 6.45) is -0.720. The van der Waals surface area contributed by atoms with Crippen molar-refractivity contribution in [2.75, 3.05) is 13.1 Å². The molecule has 30 heavy (non-hydrogen) atoms. The van der Waals surface area contributed by atoms with Crippen LogP contribution in [-0.2, 0) is 0 Å². The van der Waals surface area contributed by atoms with Crippen LogP contribution in [0.1, 0.15) is 58.6 Å². The number of hydrogen-bond acceptors (Lipinski definition) is 5. The van der Waals surface area contributed by atoms with Gasteiger partial charge in [0.05, 0.1) is 17.3 Å². The summed E-state index contributed by atoms with van der Waals surface area (Å²) >= 11 is 0. The Balaban J connectivity index is 1.69. The molecule has 1 aromatic carbocycles. The molecule has 0 bridgehead atoms. The number of benzene rings is 1. The molecule has 0 saturated carbocycles. The van der Waals surface area contributed by atoms with E-state index < -0.39 is 6.43 Å². The van der Waals surface area contributed by atoms with Gasteiger partial charge in [0.25, 0.3) is 18.1 Å². The molecule has 4 rings (SSSR count). The van der Waals surface area contributed by atoms with Crippen molar-refractivity contribution in [3.05, 3.63) is 58.7 Å². The smallest absolute Gasteiger partial charge is 0.280 e. The summed E-state index contributed by atoms with van der Waals surface area (Å²) in [4.78, 5) is 22.7. The van der Waals surface area contributed by atoms with Crippen LogP contribution < -0.4 is 0 Å². The number of halogens is 2. The van der Waals surface area contributed by atoms with Crippen LogP contribution in [0.2, 0.25) is 0 Å². The first kappa shape index (κ1) is 19.9. The second kappa shape index (κ2) is 7.78. The lowest BCUT2D eigenvalue weighted by atomic mass is 9.84. The second-order valence-corrected chi connectivity index (χ2v) is 7.70. The molecular weight excluding hydrogens is 390 g/mol. The molecule has 0 aliphatic carbocycles. The topological polar surface area (TPSA) is 87.2 Å². The number of aryl methyl sites for hydroxylation is 1. The van der Waals surface area contributed by atoms with Crippen molar-refractivity contribution in [3.63, 3.8) is 0 Å². The van der Waals surface area contributed by atoms with Crippen LogP contribution in [0.5, 0.6) is 0 Å². The predicted octanol–water partition coefficient (Wildman–Crippen LogP) is 3.51. The first-order valence-electron chi connectivity index (χ1n) is 9.67. The highest BCUT2D eigenvalue weighted by molar-refractivity contribution is 5.95. The molecule has 1 fully saturated rings. The first-order chi connectivity index (χ1) is 14.4. The number of fused-ring (bicyclic) bond motifs is 1. The predicted molar refractivity (Wildman–Crippen MR) is 104 cm³/mol. The molecule has 3 heterocycles. The normalized spacial score (nSPS) is 19.3. The standard InChI is InChI=1S/C21H20F2N6O/c1-12-5-14(9-24)7-15(6-12)20(30)28-4-3-13(2)16(10-28)18-8-17(19(22)23)27-21-25-11-26-29(18)21/h5-8,11,13,16,19H,3-4,10H2,1-2H3/t13?,16-/m1/s1. The molecule has 1 saturated heterocycles. The third-order valence-electron chi connectivity index (χ3n) is 5.60. The largest absolute Gasteiger partial charge is 0.338 e. The van der Waals surface area contributed by atoms with Gasteiger partial charge in [0.2, 0.25) is 0 Å². The van der Waals surface area contributed by atoms with Gasteiger partial charge >= 0.3 is 0 Å². The zero-order valence-corrected chi connectivity index (χ0v) is 16.6. The van der Waals surface area contributed by atoms with Gasteiger partial charge in [0.15, 0.2) is 0 Å². The summed E-state index contributed by atoms with van der Waals surface area (Å²) in [6.45, 7) is 4.79. The van der Waals surface area contributed by atoms with Crippen molar-refractivity contribution < 1.29 is 13.6 Å². The van der Waals surface area contributed by atoms with E-state index in [1.807, 2.05) is 13.8 Å². The molecule has 0 radical (unpaired) electrons. The summed E-state index contributed by atoms with van der Waals surface area (Å²) in [5.41, 5.74) is 1.94. The Labute approximate surface area is 172 Å². The van der Waals surface area contributed by atoms with E-state index in [1.165, 1.54) is 16.9 Å². The van der Waals surface area contributed by atoms with E-state index in [0.29, 0.717) is 29.9 Å². The lowest BCUT2D eigenvalue weighted by Gasteiger charge is -2.37. The van der Waals surface area contributed by atoms with Crippen molar-refractivity contribution in [1.82, 2.24) is 24.5 Å². The molecule has 2 atom stereocenters. The molecule has 3 aromatic rings. The molecule has 1 aliphatic heterocycles. The highest BCUT2D eigenvalue weighted by atomic mass is 19.3. The monoisotopic (exact) mass is 410 g/mol. The van der Waals surface area contributed by atoms with Crippen molar-refractivity contribution in [1.29, 1.82) is 5.26 Å². The summed E-state index contributed by atoms with van der Waals surface area (Å²) in [5, 5.41) is 13.3. The Morgan fingerprint density at radius 3 is 2.83 bits per heavy atom. The van der Waals surface area contributed by atoms with Crippen LogP contribution >= 0.6 is 0 Å². The highest BCUT2D eigenvalue weighted by Crippen LogP contribution is 2.34. The molecule has 0 N–H and O–H groups in total. The molecule has 154 valence electrons. The van der Waals surface area contributed by atoms with Crippen molar-refractivity contribution in [2.24, 2.45) is 5.92 Å². The van der Waals surface area contributed by atoms with Crippen molar-refractivity contribution in [3.8, 4) is 6.07 Å². The number of carbonyl (C=O) groups is 1. The minimum absolute atomic E-state index is 0.121. The van der Waals surface area contributed by atoms with Crippen molar-refractivity contribution >= 4 is 11.7 Å². The van der Waals surface area contributed by atoms with Gasteiger partial charge < -0.3 is 4.90 Å². The Morgan fingerprint density at radius 2 is 2.10 bits per heavy atom. The summed E-state index contributed by atoms with van der Waals surface area (Å²) in [5.74, 6) is -0.102. The number of rotatable bonds is 3. The number of piperidine rings is 1. The number of alkyl halides is 2. The van der Waals surface area contributed by atoms with Crippen LogP contribution in [0.3, 0.4) is 0 Å². The molecule has 1 amide bonds. The Hall–Kier alpha value is -3.41. The minimum Gasteiger partial charge on any atom is -0.338 e. The van der Waals surface area contributed by atoms with Gasteiger partial charge in [-0.15, -0.1) is 0 Å². The maximum Gasteiger partial charge on any atom is 0.280 e. The number of aromatic nitrogens is 4. The van der Waals surface area contributed by atoms with Gasteiger partial charge in [-0.05, 0) is 49.1 Å². The number of nitriles is 1. The Morgan fingerprint density at radius 1 is 1.30 bits per heavy atom. The van der Waals surface area contributed by atoms with Crippen LogP contribution in [0.25, 0.3) is 5.78 Å². The van der Waals surface area contributed by atoms with E-state index in [9.17, 15) is 18.8 Å². The molecular formula is C21H20F2N6O. The number of carbonyl (C=O) groups excluding carboxylic acids is 1. The third kappa shape index (κ3) is 3.61. The first-order valence-corrected chi connectivity index (χ1v) is 9.67. The van der Waals surface area contributed by atoms with E-state index in [-0.39, 0.29) is 29.2 Å². The van der Waals surface area contributed by atoms with Gasteiger partial charge in [0, 0.05) is 24.6 Å². The van der Waals surface area contributed by atoms with E-state index in [0.717, 1.165) is 12.0 Å². The zero-order valence-electron chi connectivity index (χ0n) is 16.6. The maximum atomic E-state index is 13.4. The molecule has 7 nitrogen and oxygen atoms in total. The van der Waals surface area contributed by atoms with E-state index in [1.54, 1.807) is 23.1 Å². The second-order valence-electron chi connectivity index (χ2n) is 7.70. The SMILES string of the molecule is Cc1cc(C#N)cc(C(=O)N2CCC(C)[C@H](c3cc(C(F)F)nc4ncnn34)C2)c1. The maximum absolute atomic E-state index is 13.4. The minimum atomic E-state index is -2.72. The molecule has 9 heteroatoms. The molecule has 0 spiro atoms. The van der Waals surface area contributed by atoms with Gasteiger partial charge in [-0.2, -0.15) is 15.3 Å². The fourth-order valence-corrected chi connectivity index (χ4v) is 4.02. The van der Waals surface area contributed by atoms with Crippen molar-refractivity contribution in [2.45, 2.75) is 32.6 Å². The summed E-state index contributed by atoms with van der Waals surface area (Å²) in [6, 6.07) is 8.50. The third-order valence-corrected chi connectivity index (χ3v) is 5.60. The average Bonchev–Trinajstić information content (AvgIpc) is 3.21. The highest BCUT2D eigenvalue weighted by Gasteiger charge is 2.33. The number of amides is 1. The summed E-state index contributed by atoms with van der Waals surface area (Å²) < 4.78 is 28.2. The van der Waals surface area contributed by atoms with Gasteiger partial charge in [-0.1, -0.05) is 6.92 Å². The van der Waals surface area contributed by atoms with Crippen LogP contribution in [0.15, 0.2) is 30.6 Å².